The van der Waals surface area contributed by atoms with Gasteiger partial charge in [0.2, 0.25) is 0 Å². The second kappa shape index (κ2) is 7.80. The van der Waals surface area contributed by atoms with E-state index in [-0.39, 0.29) is 18.7 Å². The molecule has 0 fully saturated rings. The maximum absolute atomic E-state index is 13.6. The topological polar surface area (TPSA) is 84.9 Å². The van der Waals surface area contributed by atoms with Crippen LogP contribution in [0.4, 0.5) is 9.18 Å². The average Bonchev–Trinajstić information content (AvgIpc) is 2.41. The number of carbonyl (C=O) groups is 2. The zero-order chi connectivity index (χ0) is 17.6. The summed E-state index contributed by atoms with van der Waals surface area (Å²) in [6, 6.07) is 4.25. The number of amides is 1. The van der Waals surface area contributed by atoms with Crippen molar-refractivity contribution in [1.29, 1.82) is 0 Å². The lowest BCUT2D eigenvalue weighted by Crippen LogP contribution is -2.37. The number of hydrogen-bond acceptors (Lipinski definition) is 4. The molecule has 23 heavy (non-hydrogen) atoms. The molecule has 2 N–H and O–H groups in total. The predicted octanol–water partition coefficient (Wildman–Crippen LogP) is 2.60. The van der Waals surface area contributed by atoms with Crippen molar-refractivity contribution in [3.05, 3.63) is 29.6 Å². The number of carboxylic acid groups (broad SMARTS) is 1. The number of carboxylic acids is 1. The van der Waals surface area contributed by atoms with Gasteiger partial charge in [-0.3, -0.25) is 4.79 Å². The van der Waals surface area contributed by atoms with E-state index in [4.69, 9.17) is 9.47 Å². The molecule has 0 aromatic heterocycles. The lowest BCUT2D eigenvalue weighted by atomic mass is 9.99. The minimum atomic E-state index is -1.09. The molecule has 0 aliphatic rings. The van der Waals surface area contributed by atoms with Crippen molar-refractivity contribution in [3.63, 3.8) is 0 Å². The Balaban J connectivity index is 2.67. The third-order valence-electron chi connectivity index (χ3n) is 2.94. The van der Waals surface area contributed by atoms with Gasteiger partial charge in [0.1, 0.15) is 5.60 Å². The van der Waals surface area contributed by atoms with E-state index in [0.717, 1.165) is 0 Å². The zero-order valence-electron chi connectivity index (χ0n) is 13.7. The molecule has 0 saturated carbocycles. The van der Waals surface area contributed by atoms with Crippen LogP contribution in [0.15, 0.2) is 18.2 Å². The van der Waals surface area contributed by atoms with E-state index in [0.29, 0.717) is 5.56 Å². The lowest BCUT2D eigenvalue weighted by Gasteiger charge is -2.21. The van der Waals surface area contributed by atoms with Gasteiger partial charge in [0.25, 0.3) is 0 Å². The van der Waals surface area contributed by atoms with Crippen LogP contribution in [-0.4, -0.2) is 36.4 Å². The molecule has 0 bridgehead atoms. The minimum absolute atomic E-state index is 0.0754. The molecule has 1 aromatic rings. The largest absolute Gasteiger partial charge is 0.494 e. The smallest absolute Gasteiger partial charge is 0.407 e. The molecule has 6 nitrogen and oxygen atoms in total. The van der Waals surface area contributed by atoms with E-state index in [1.54, 1.807) is 26.8 Å². The number of rotatable bonds is 6. The number of ether oxygens (including phenoxy) is 2. The molecule has 0 aliphatic heterocycles. The van der Waals surface area contributed by atoms with Crippen LogP contribution in [0.5, 0.6) is 5.75 Å². The van der Waals surface area contributed by atoms with Crippen molar-refractivity contribution >= 4 is 12.1 Å². The highest BCUT2D eigenvalue weighted by molar-refractivity contribution is 5.73. The van der Waals surface area contributed by atoms with E-state index < -0.39 is 29.4 Å². The molecule has 0 saturated heterocycles. The quantitative estimate of drug-likeness (QED) is 0.839. The highest BCUT2D eigenvalue weighted by Crippen LogP contribution is 2.19. The van der Waals surface area contributed by atoms with E-state index in [1.165, 1.54) is 19.2 Å². The van der Waals surface area contributed by atoms with Crippen LogP contribution in [0.2, 0.25) is 0 Å². The maximum Gasteiger partial charge on any atom is 0.407 e. The first-order chi connectivity index (χ1) is 10.6. The number of nitrogens with one attached hydrogen (secondary N) is 1. The third-order valence-corrected chi connectivity index (χ3v) is 2.94. The van der Waals surface area contributed by atoms with Crippen molar-refractivity contribution in [2.45, 2.75) is 32.8 Å². The number of benzene rings is 1. The van der Waals surface area contributed by atoms with E-state index in [9.17, 15) is 19.1 Å². The highest BCUT2D eigenvalue weighted by Gasteiger charge is 2.22. The van der Waals surface area contributed by atoms with E-state index in [1.807, 2.05) is 0 Å². The normalized spacial score (nSPS) is 12.4. The van der Waals surface area contributed by atoms with Crippen molar-refractivity contribution in [2.24, 2.45) is 5.92 Å². The Morgan fingerprint density at radius 2 is 2.00 bits per heavy atom. The van der Waals surface area contributed by atoms with Gasteiger partial charge in [-0.15, -0.1) is 0 Å². The van der Waals surface area contributed by atoms with E-state index in [2.05, 4.69) is 5.32 Å². The van der Waals surface area contributed by atoms with Gasteiger partial charge in [-0.1, -0.05) is 6.07 Å². The van der Waals surface area contributed by atoms with Crippen LogP contribution in [0, 0.1) is 11.7 Å². The molecule has 0 spiro atoms. The first-order valence-electron chi connectivity index (χ1n) is 7.14. The van der Waals surface area contributed by atoms with Gasteiger partial charge in [-0.25, -0.2) is 9.18 Å². The lowest BCUT2D eigenvalue weighted by molar-refractivity contribution is -0.141. The predicted molar refractivity (Wildman–Crippen MR) is 82.0 cm³/mol. The Labute approximate surface area is 134 Å². The Bertz CT molecular complexity index is 568. The molecule has 1 atom stereocenters. The first kappa shape index (κ1) is 18.7. The summed E-state index contributed by atoms with van der Waals surface area (Å²) >= 11 is 0. The molecular weight excluding hydrogens is 305 g/mol. The second-order valence-electron chi connectivity index (χ2n) is 6.09. The molecule has 128 valence electrons. The van der Waals surface area contributed by atoms with Gasteiger partial charge in [0, 0.05) is 6.54 Å². The Morgan fingerprint density at radius 3 is 2.48 bits per heavy atom. The van der Waals surface area contributed by atoms with Gasteiger partial charge < -0.3 is 19.9 Å². The fourth-order valence-electron chi connectivity index (χ4n) is 1.89. The molecule has 1 rings (SSSR count). The van der Waals surface area contributed by atoms with Gasteiger partial charge in [0.15, 0.2) is 11.6 Å². The van der Waals surface area contributed by atoms with Crippen molar-refractivity contribution in [3.8, 4) is 5.75 Å². The fourth-order valence-corrected chi connectivity index (χ4v) is 1.89. The summed E-state index contributed by atoms with van der Waals surface area (Å²) in [5.74, 6) is -2.45. The standard InChI is InChI=1S/C16H22FNO5/c1-16(2,3)23-15(21)18-9-11(14(19)20)7-10-5-6-13(22-4)12(17)8-10/h5-6,8,11H,7,9H2,1-4H3,(H,18,21)(H,19,20). The highest BCUT2D eigenvalue weighted by atomic mass is 19.1. The van der Waals surface area contributed by atoms with Crippen LogP contribution in [-0.2, 0) is 16.0 Å². The number of carbonyl (C=O) groups excluding carboxylic acids is 1. The van der Waals surface area contributed by atoms with Crippen LogP contribution < -0.4 is 10.1 Å². The van der Waals surface area contributed by atoms with Crippen molar-refractivity contribution in [2.75, 3.05) is 13.7 Å². The summed E-state index contributed by atoms with van der Waals surface area (Å²) < 4.78 is 23.5. The van der Waals surface area contributed by atoms with Crippen LogP contribution in [0.25, 0.3) is 0 Å². The zero-order valence-corrected chi connectivity index (χ0v) is 13.7. The maximum atomic E-state index is 13.6. The summed E-state index contributed by atoms with van der Waals surface area (Å²) in [5, 5.41) is 11.7. The fraction of sp³-hybridized carbons (Fsp3) is 0.500. The second-order valence-corrected chi connectivity index (χ2v) is 6.09. The van der Waals surface area contributed by atoms with Crippen LogP contribution in [0.3, 0.4) is 0 Å². The summed E-state index contributed by atoms with van der Waals surface area (Å²) in [4.78, 5) is 22.9. The van der Waals surface area contributed by atoms with Gasteiger partial charge in [0.05, 0.1) is 13.0 Å². The Morgan fingerprint density at radius 1 is 1.35 bits per heavy atom. The SMILES string of the molecule is COc1ccc(CC(CNC(=O)OC(C)(C)C)C(=O)O)cc1F. The number of aliphatic carboxylic acids is 1. The summed E-state index contributed by atoms with van der Waals surface area (Å²) in [6.07, 6.45) is -0.615. The number of methoxy groups -OCH3 is 1. The van der Waals surface area contributed by atoms with Gasteiger partial charge >= 0.3 is 12.1 Å². The minimum Gasteiger partial charge on any atom is -0.494 e. The molecular formula is C16H22FNO5. The monoisotopic (exact) mass is 327 g/mol. The van der Waals surface area contributed by atoms with Crippen molar-refractivity contribution < 1.29 is 28.6 Å². The summed E-state index contributed by atoms with van der Waals surface area (Å²) in [7, 11) is 1.35. The number of hydrogen-bond donors (Lipinski definition) is 2. The molecule has 1 unspecified atom stereocenters. The third kappa shape index (κ3) is 6.54. The summed E-state index contributed by atoms with van der Waals surface area (Å²) in [6.45, 7) is 5.02. The molecule has 0 radical (unpaired) electrons. The van der Waals surface area contributed by atoms with Gasteiger partial charge in [-0.05, 0) is 44.9 Å². The number of halogens is 1. The molecule has 7 heteroatoms. The molecule has 1 aromatic carbocycles. The average molecular weight is 327 g/mol. The van der Waals surface area contributed by atoms with Crippen LogP contribution in [0.1, 0.15) is 26.3 Å². The Kier molecular flexibility index (Phi) is 6.36. The molecule has 1 amide bonds. The molecule has 0 heterocycles. The Hall–Kier alpha value is -2.31. The van der Waals surface area contributed by atoms with Crippen molar-refractivity contribution in [1.82, 2.24) is 5.32 Å². The van der Waals surface area contributed by atoms with Crippen LogP contribution >= 0.6 is 0 Å². The summed E-state index contributed by atoms with van der Waals surface area (Å²) in [5.41, 5.74) is -0.163. The van der Waals surface area contributed by atoms with E-state index >= 15 is 0 Å². The number of alkyl carbamates (subject to hydrolysis) is 1. The molecule has 0 aliphatic carbocycles. The van der Waals surface area contributed by atoms with Gasteiger partial charge in [-0.2, -0.15) is 0 Å². The first-order valence-corrected chi connectivity index (χ1v) is 7.14.